The van der Waals surface area contributed by atoms with Crippen molar-refractivity contribution in [3.63, 3.8) is 0 Å². The maximum absolute atomic E-state index is 9.17. The fourth-order valence-electron chi connectivity index (χ4n) is 1.80. The standard InChI is InChI=1S/C12H15NO2/c1-12(2)10(8-14)15-13-11(12)9-6-4-3-5-7-9/h3-7,10,14H,8H2,1-2H3. The van der Waals surface area contributed by atoms with Crippen LogP contribution in [-0.2, 0) is 4.84 Å². The summed E-state index contributed by atoms with van der Waals surface area (Å²) in [7, 11) is 0. The van der Waals surface area contributed by atoms with E-state index in [0.717, 1.165) is 11.3 Å². The Hall–Kier alpha value is -1.35. The lowest BCUT2D eigenvalue weighted by molar-refractivity contribution is -0.00417. The summed E-state index contributed by atoms with van der Waals surface area (Å²) < 4.78 is 0. The Morgan fingerprint density at radius 2 is 2.00 bits per heavy atom. The Morgan fingerprint density at radius 3 is 2.53 bits per heavy atom. The van der Waals surface area contributed by atoms with Gasteiger partial charge in [-0.25, -0.2) is 0 Å². The number of rotatable bonds is 2. The molecule has 15 heavy (non-hydrogen) atoms. The molecule has 1 heterocycles. The van der Waals surface area contributed by atoms with Gasteiger partial charge in [0.25, 0.3) is 0 Å². The summed E-state index contributed by atoms with van der Waals surface area (Å²) in [6, 6.07) is 9.92. The van der Waals surface area contributed by atoms with Crippen LogP contribution in [0, 0.1) is 5.41 Å². The summed E-state index contributed by atoms with van der Waals surface area (Å²) in [5.41, 5.74) is 1.72. The van der Waals surface area contributed by atoms with Gasteiger partial charge in [-0.15, -0.1) is 0 Å². The van der Waals surface area contributed by atoms with E-state index >= 15 is 0 Å². The molecular weight excluding hydrogens is 190 g/mol. The summed E-state index contributed by atoms with van der Waals surface area (Å²) in [6.07, 6.45) is -0.243. The summed E-state index contributed by atoms with van der Waals surface area (Å²) in [4.78, 5) is 5.22. The molecule has 80 valence electrons. The molecule has 1 N–H and O–H groups in total. The van der Waals surface area contributed by atoms with Crippen molar-refractivity contribution in [3.05, 3.63) is 35.9 Å². The van der Waals surface area contributed by atoms with Crippen LogP contribution in [0.15, 0.2) is 35.5 Å². The van der Waals surface area contributed by atoms with Crippen molar-refractivity contribution in [2.75, 3.05) is 6.61 Å². The van der Waals surface area contributed by atoms with Crippen molar-refractivity contribution >= 4 is 5.71 Å². The molecule has 1 aromatic rings. The van der Waals surface area contributed by atoms with Gasteiger partial charge in [0.05, 0.1) is 17.7 Å². The van der Waals surface area contributed by atoms with Gasteiger partial charge in [-0.3, -0.25) is 0 Å². The Kier molecular flexibility index (Phi) is 2.49. The molecule has 0 saturated carbocycles. The van der Waals surface area contributed by atoms with Crippen LogP contribution in [0.4, 0.5) is 0 Å². The quantitative estimate of drug-likeness (QED) is 0.800. The average Bonchev–Trinajstić information content (AvgIpc) is 2.54. The fraction of sp³-hybridized carbons (Fsp3) is 0.417. The third kappa shape index (κ3) is 1.63. The molecular formula is C12H15NO2. The van der Waals surface area contributed by atoms with Gasteiger partial charge < -0.3 is 9.94 Å². The highest BCUT2D eigenvalue weighted by Gasteiger charge is 2.42. The molecule has 1 atom stereocenters. The number of hydrogen-bond acceptors (Lipinski definition) is 3. The highest BCUT2D eigenvalue weighted by atomic mass is 16.7. The maximum Gasteiger partial charge on any atom is 0.161 e. The molecule has 2 rings (SSSR count). The summed E-state index contributed by atoms with van der Waals surface area (Å²) in [5.74, 6) is 0. The third-order valence-corrected chi connectivity index (χ3v) is 2.90. The molecule has 3 heteroatoms. The number of oxime groups is 1. The second kappa shape index (κ2) is 3.66. The van der Waals surface area contributed by atoms with Crippen molar-refractivity contribution in [1.29, 1.82) is 0 Å². The summed E-state index contributed by atoms with van der Waals surface area (Å²) in [6.45, 7) is 4.06. The predicted molar refractivity (Wildman–Crippen MR) is 58.7 cm³/mol. The lowest BCUT2D eigenvalue weighted by Crippen LogP contribution is -2.35. The van der Waals surface area contributed by atoms with Crippen molar-refractivity contribution in [2.24, 2.45) is 10.6 Å². The highest BCUT2D eigenvalue weighted by molar-refractivity contribution is 6.05. The number of aliphatic hydroxyl groups is 1. The fourth-order valence-corrected chi connectivity index (χ4v) is 1.80. The molecule has 0 aromatic heterocycles. The molecule has 1 unspecified atom stereocenters. The zero-order valence-electron chi connectivity index (χ0n) is 8.97. The minimum atomic E-state index is -0.243. The molecule has 0 aliphatic carbocycles. The zero-order chi connectivity index (χ0) is 10.9. The Morgan fingerprint density at radius 1 is 1.33 bits per heavy atom. The largest absolute Gasteiger partial charge is 0.392 e. The zero-order valence-corrected chi connectivity index (χ0v) is 8.97. The van der Waals surface area contributed by atoms with E-state index in [9.17, 15) is 0 Å². The topological polar surface area (TPSA) is 41.8 Å². The lowest BCUT2D eigenvalue weighted by atomic mass is 9.79. The monoisotopic (exact) mass is 205 g/mol. The van der Waals surface area contributed by atoms with Crippen molar-refractivity contribution in [3.8, 4) is 0 Å². The van der Waals surface area contributed by atoms with Gasteiger partial charge in [-0.1, -0.05) is 49.3 Å². The van der Waals surface area contributed by atoms with Crippen LogP contribution in [0.1, 0.15) is 19.4 Å². The molecule has 1 aliphatic rings. The molecule has 0 bridgehead atoms. The van der Waals surface area contributed by atoms with Gasteiger partial charge in [0.15, 0.2) is 6.10 Å². The van der Waals surface area contributed by atoms with Gasteiger partial charge in [0, 0.05) is 5.56 Å². The van der Waals surface area contributed by atoms with Gasteiger partial charge in [-0.05, 0) is 0 Å². The minimum absolute atomic E-state index is 0.00711. The van der Waals surface area contributed by atoms with Crippen LogP contribution in [-0.4, -0.2) is 23.5 Å². The Balaban J connectivity index is 2.33. The molecule has 3 nitrogen and oxygen atoms in total. The van der Waals surface area contributed by atoms with Gasteiger partial charge in [0.2, 0.25) is 0 Å². The second-order valence-corrected chi connectivity index (χ2v) is 4.30. The van der Waals surface area contributed by atoms with E-state index < -0.39 is 0 Å². The number of benzene rings is 1. The lowest BCUT2D eigenvalue weighted by Gasteiger charge is -2.24. The second-order valence-electron chi connectivity index (χ2n) is 4.30. The first-order valence-corrected chi connectivity index (χ1v) is 5.07. The van der Waals surface area contributed by atoms with Gasteiger partial charge in [0.1, 0.15) is 0 Å². The van der Waals surface area contributed by atoms with Crippen LogP contribution < -0.4 is 0 Å². The molecule has 0 amide bonds. The molecule has 0 saturated heterocycles. The summed E-state index contributed by atoms with van der Waals surface area (Å²) in [5, 5.41) is 13.2. The molecule has 1 aliphatic heterocycles. The van der Waals surface area contributed by atoms with Crippen molar-refractivity contribution in [1.82, 2.24) is 0 Å². The van der Waals surface area contributed by atoms with E-state index in [2.05, 4.69) is 5.16 Å². The predicted octanol–water partition coefficient (Wildman–Crippen LogP) is 1.81. The minimum Gasteiger partial charge on any atom is -0.392 e. The SMILES string of the molecule is CC1(C)C(c2ccccc2)=NOC1CO. The molecule has 0 spiro atoms. The van der Waals surface area contributed by atoms with Crippen LogP contribution >= 0.6 is 0 Å². The van der Waals surface area contributed by atoms with E-state index in [1.165, 1.54) is 0 Å². The summed E-state index contributed by atoms with van der Waals surface area (Å²) >= 11 is 0. The molecule has 1 aromatic carbocycles. The molecule has 0 fully saturated rings. The van der Waals surface area contributed by atoms with Crippen LogP contribution in [0.5, 0.6) is 0 Å². The van der Waals surface area contributed by atoms with Crippen molar-refractivity contribution < 1.29 is 9.94 Å². The first-order valence-electron chi connectivity index (χ1n) is 5.07. The van der Waals surface area contributed by atoms with Crippen LogP contribution in [0.25, 0.3) is 0 Å². The van der Waals surface area contributed by atoms with Crippen LogP contribution in [0.2, 0.25) is 0 Å². The smallest absolute Gasteiger partial charge is 0.161 e. The number of aliphatic hydroxyl groups excluding tert-OH is 1. The van der Waals surface area contributed by atoms with E-state index in [4.69, 9.17) is 9.94 Å². The normalized spacial score (nSPS) is 23.4. The average molecular weight is 205 g/mol. The third-order valence-electron chi connectivity index (χ3n) is 2.90. The van der Waals surface area contributed by atoms with E-state index in [1.807, 2.05) is 44.2 Å². The highest BCUT2D eigenvalue weighted by Crippen LogP contribution is 2.34. The number of nitrogens with zero attached hydrogens (tertiary/aromatic N) is 1. The van der Waals surface area contributed by atoms with Crippen molar-refractivity contribution in [2.45, 2.75) is 20.0 Å². The van der Waals surface area contributed by atoms with E-state index in [1.54, 1.807) is 0 Å². The maximum atomic E-state index is 9.17. The van der Waals surface area contributed by atoms with Gasteiger partial charge >= 0.3 is 0 Å². The Labute approximate surface area is 89.4 Å². The first kappa shape index (κ1) is 10.2. The Bertz CT molecular complexity index is 370. The van der Waals surface area contributed by atoms with E-state index in [0.29, 0.717) is 0 Å². The van der Waals surface area contributed by atoms with E-state index in [-0.39, 0.29) is 18.1 Å². The van der Waals surface area contributed by atoms with Gasteiger partial charge in [-0.2, -0.15) is 0 Å². The molecule has 0 radical (unpaired) electrons. The first-order chi connectivity index (χ1) is 7.16. The van der Waals surface area contributed by atoms with Crippen LogP contribution in [0.3, 0.4) is 0 Å². The number of hydrogen-bond donors (Lipinski definition) is 1.